The molecule has 0 fully saturated rings. The number of fused-ring (bicyclic) bond motifs is 2. The van der Waals surface area contributed by atoms with Gasteiger partial charge in [-0.25, -0.2) is 4.98 Å². The Bertz CT molecular complexity index is 2240. The van der Waals surface area contributed by atoms with E-state index in [1.165, 1.54) is 22.3 Å². The van der Waals surface area contributed by atoms with Gasteiger partial charge in [0.1, 0.15) is 10.8 Å². The van der Waals surface area contributed by atoms with Crippen LogP contribution in [0.5, 0.6) is 5.75 Å². The van der Waals surface area contributed by atoms with Gasteiger partial charge in [-0.05, 0) is 89.2 Å². The second kappa shape index (κ2) is 12.2. The topological polar surface area (TPSA) is 46.0 Å². The van der Waals surface area contributed by atoms with E-state index in [1.54, 1.807) is 17.4 Å². The Morgan fingerprint density at radius 1 is 0.696 bits per heavy atom. The van der Waals surface area contributed by atoms with Crippen molar-refractivity contribution in [3.8, 4) is 49.7 Å². The standard InChI is InChI=1S/C41H35N2OS.Pt/c1-24-18-19-42-38-31(24)14-9-15-32(38)27-12-8-13-28(20-27)33-21-29(37-25(2)10-7-11-26(37)3)22-36-39(33)43-40(45-36)34-23-30(41(4,5)6)16-17-35(34)44;/h7-19,21-23,44H,1-6H3;/q-1;. The third-order valence-corrected chi connectivity index (χ3v) is 9.76. The monoisotopic (exact) mass is 798 g/mol. The minimum atomic E-state index is -0.0514. The zero-order valence-corrected chi connectivity index (χ0v) is 29.9. The Balaban J connectivity index is 0.00000372. The minimum Gasteiger partial charge on any atom is -0.507 e. The van der Waals surface area contributed by atoms with Crippen LogP contribution >= 0.6 is 11.3 Å². The van der Waals surface area contributed by atoms with E-state index in [2.05, 4.69) is 126 Å². The zero-order chi connectivity index (χ0) is 31.5. The molecule has 0 aliphatic heterocycles. The van der Waals surface area contributed by atoms with E-state index < -0.39 is 0 Å². The smallest absolute Gasteiger partial charge is 0.127 e. The SMILES string of the molecule is Cc1cccc(C)c1-c1cc(-c2[c-]c(-c3cccc4c(C)ccnc34)ccc2)c2nc(-c3cc(C(C)(C)C)ccc3O)sc2c1.[Pt]. The quantitative estimate of drug-likeness (QED) is 0.180. The third-order valence-electron chi connectivity index (χ3n) is 8.72. The van der Waals surface area contributed by atoms with Gasteiger partial charge in [-0.2, -0.15) is 0 Å². The summed E-state index contributed by atoms with van der Waals surface area (Å²) in [6, 6.07) is 35.3. The molecule has 5 heteroatoms. The average Bonchev–Trinajstić information content (AvgIpc) is 3.44. The van der Waals surface area contributed by atoms with E-state index >= 15 is 0 Å². The van der Waals surface area contributed by atoms with Gasteiger partial charge >= 0.3 is 0 Å². The molecule has 46 heavy (non-hydrogen) atoms. The van der Waals surface area contributed by atoms with Crippen molar-refractivity contribution in [2.75, 3.05) is 0 Å². The van der Waals surface area contributed by atoms with Crippen LogP contribution in [-0.4, -0.2) is 15.1 Å². The first-order valence-electron chi connectivity index (χ1n) is 15.3. The average molecular weight is 799 g/mol. The fourth-order valence-electron chi connectivity index (χ4n) is 6.25. The van der Waals surface area contributed by atoms with E-state index in [-0.39, 0.29) is 32.2 Å². The summed E-state index contributed by atoms with van der Waals surface area (Å²) in [7, 11) is 0. The maximum absolute atomic E-state index is 11.0. The molecule has 2 heterocycles. The summed E-state index contributed by atoms with van der Waals surface area (Å²) in [5.41, 5.74) is 13.8. The molecule has 0 saturated carbocycles. The summed E-state index contributed by atoms with van der Waals surface area (Å²) in [5.74, 6) is 0.242. The Hall–Kier alpha value is -4.11. The van der Waals surface area contributed by atoms with Gasteiger partial charge < -0.3 is 5.11 Å². The second-order valence-corrected chi connectivity index (χ2v) is 14.0. The van der Waals surface area contributed by atoms with Crippen molar-refractivity contribution in [3.63, 3.8) is 0 Å². The van der Waals surface area contributed by atoms with Crippen LogP contribution in [0.15, 0.2) is 97.2 Å². The van der Waals surface area contributed by atoms with Crippen molar-refractivity contribution < 1.29 is 26.2 Å². The number of thiazole rings is 1. The Morgan fingerprint density at radius 3 is 2.13 bits per heavy atom. The summed E-state index contributed by atoms with van der Waals surface area (Å²) in [5, 5.41) is 12.9. The first kappa shape index (κ1) is 31.9. The van der Waals surface area contributed by atoms with Crippen molar-refractivity contribution in [1.82, 2.24) is 9.97 Å². The van der Waals surface area contributed by atoms with Crippen molar-refractivity contribution in [1.29, 1.82) is 0 Å². The fraction of sp³-hybridized carbons (Fsp3) is 0.171. The Kier molecular flexibility index (Phi) is 8.48. The number of hydrogen-bond acceptors (Lipinski definition) is 4. The van der Waals surface area contributed by atoms with E-state index in [1.807, 2.05) is 12.3 Å². The van der Waals surface area contributed by atoms with Gasteiger partial charge in [0.25, 0.3) is 0 Å². The van der Waals surface area contributed by atoms with Crippen LogP contribution in [0.4, 0.5) is 0 Å². The molecule has 232 valence electrons. The number of benzene rings is 5. The summed E-state index contributed by atoms with van der Waals surface area (Å²) >= 11 is 1.62. The minimum absolute atomic E-state index is 0. The molecule has 0 atom stereocenters. The number of aromatic hydroxyl groups is 1. The Morgan fingerprint density at radius 2 is 1.39 bits per heavy atom. The number of aromatic nitrogens is 2. The second-order valence-electron chi connectivity index (χ2n) is 12.9. The maximum Gasteiger partial charge on any atom is 0.127 e. The van der Waals surface area contributed by atoms with Gasteiger partial charge in [0.2, 0.25) is 0 Å². The van der Waals surface area contributed by atoms with E-state index in [9.17, 15) is 5.11 Å². The molecular weight excluding hydrogens is 764 g/mol. The first-order valence-corrected chi connectivity index (χ1v) is 16.1. The van der Waals surface area contributed by atoms with Crippen LogP contribution in [0.3, 0.4) is 0 Å². The first-order chi connectivity index (χ1) is 21.6. The molecule has 0 spiro atoms. The predicted molar refractivity (Wildman–Crippen MR) is 190 cm³/mol. The van der Waals surface area contributed by atoms with Crippen LogP contribution in [0.2, 0.25) is 0 Å². The number of rotatable bonds is 4. The molecule has 0 radical (unpaired) electrons. The molecule has 2 aromatic heterocycles. The Labute approximate surface area is 289 Å². The van der Waals surface area contributed by atoms with Gasteiger partial charge in [-0.15, -0.1) is 46.7 Å². The summed E-state index contributed by atoms with van der Waals surface area (Å²) < 4.78 is 1.07. The number of para-hydroxylation sites is 1. The van der Waals surface area contributed by atoms with Crippen LogP contribution in [0.25, 0.3) is 65.1 Å². The molecule has 0 saturated heterocycles. The number of pyridine rings is 1. The van der Waals surface area contributed by atoms with Crippen LogP contribution in [0, 0.1) is 26.8 Å². The van der Waals surface area contributed by atoms with Crippen molar-refractivity contribution in [2.45, 2.75) is 47.0 Å². The molecule has 0 unspecified atom stereocenters. The van der Waals surface area contributed by atoms with Crippen molar-refractivity contribution >= 4 is 32.5 Å². The summed E-state index contributed by atoms with van der Waals surface area (Å²) in [4.78, 5) is 9.97. The maximum atomic E-state index is 11.0. The molecule has 7 aromatic rings. The molecular formula is C41H35N2OPtS-. The van der Waals surface area contributed by atoms with Gasteiger partial charge in [0.05, 0.1) is 11.1 Å². The number of phenolic OH excluding ortho intramolecular Hbond substituents is 1. The number of nitrogens with zero attached hydrogens (tertiary/aromatic N) is 2. The van der Waals surface area contributed by atoms with E-state index in [4.69, 9.17) is 9.97 Å². The van der Waals surface area contributed by atoms with Crippen LogP contribution in [0.1, 0.15) is 43.0 Å². The largest absolute Gasteiger partial charge is 0.507 e. The zero-order valence-electron chi connectivity index (χ0n) is 26.8. The number of phenols is 1. The molecule has 0 aliphatic rings. The molecule has 0 amide bonds. The summed E-state index contributed by atoms with van der Waals surface area (Å²) in [6.07, 6.45) is 1.88. The van der Waals surface area contributed by atoms with Gasteiger partial charge in [-0.3, -0.25) is 4.98 Å². The molecule has 0 bridgehead atoms. The van der Waals surface area contributed by atoms with Crippen molar-refractivity contribution in [2.24, 2.45) is 0 Å². The normalized spacial score (nSPS) is 11.6. The molecule has 0 aliphatic carbocycles. The summed E-state index contributed by atoms with van der Waals surface area (Å²) in [6.45, 7) is 13.0. The molecule has 7 rings (SSSR count). The van der Waals surface area contributed by atoms with Crippen LogP contribution in [-0.2, 0) is 26.5 Å². The van der Waals surface area contributed by atoms with Gasteiger partial charge in [0, 0.05) is 37.5 Å². The fourth-order valence-corrected chi connectivity index (χ4v) is 7.31. The molecule has 1 N–H and O–H groups in total. The van der Waals surface area contributed by atoms with Gasteiger partial charge in [0.15, 0.2) is 0 Å². The van der Waals surface area contributed by atoms with Gasteiger partial charge in [-0.1, -0.05) is 80.4 Å². The molecule has 5 aromatic carbocycles. The number of hydrogen-bond donors (Lipinski definition) is 1. The predicted octanol–water partition coefficient (Wildman–Crippen LogP) is 11.2. The van der Waals surface area contributed by atoms with E-state index in [0.29, 0.717) is 0 Å². The number of aryl methyl sites for hydroxylation is 3. The third kappa shape index (κ3) is 5.70. The molecule has 3 nitrogen and oxygen atoms in total. The van der Waals surface area contributed by atoms with Crippen LogP contribution < -0.4 is 0 Å². The van der Waals surface area contributed by atoms with Crippen molar-refractivity contribution in [3.05, 3.63) is 126 Å². The van der Waals surface area contributed by atoms with E-state index in [0.717, 1.165) is 65.1 Å².